The second-order valence-electron chi connectivity index (χ2n) is 19.0. The number of carbonyl (C=O) groups is 2. The molecular formula is C43H63FN2O4. The van der Waals surface area contributed by atoms with Crippen molar-refractivity contribution < 1.29 is 23.8 Å². The second-order valence-corrected chi connectivity index (χ2v) is 19.0. The quantitative estimate of drug-likeness (QED) is 0.250. The molecule has 5 aliphatic carbocycles. The number of esters is 1. The number of ether oxygens (including phenoxy) is 1. The number of carbonyl (C=O) groups excluding carboxylic acids is 2. The van der Waals surface area contributed by atoms with Crippen molar-refractivity contribution in [2.24, 2.45) is 56.7 Å². The summed E-state index contributed by atoms with van der Waals surface area (Å²) < 4.78 is 19.6. The van der Waals surface area contributed by atoms with Crippen LogP contribution in [0.5, 0.6) is 0 Å². The van der Waals surface area contributed by atoms with Crippen LogP contribution in [-0.2, 0) is 9.53 Å². The van der Waals surface area contributed by atoms with E-state index in [0.29, 0.717) is 55.5 Å². The Hall–Kier alpha value is -2.25. The van der Waals surface area contributed by atoms with E-state index in [1.807, 2.05) is 4.90 Å². The van der Waals surface area contributed by atoms with Crippen LogP contribution in [0.1, 0.15) is 117 Å². The average Bonchev–Trinajstić information content (AvgIpc) is 3.09. The molecule has 6 nitrogen and oxygen atoms in total. The largest absolute Gasteiger partial charge is 0.464 e. The molecule has 1 aromatic rings. The van der Waals surface area contributed by atoms with Crippen LogP contribution in [-0.4, -0.2) is 72.2 Å². The molecule has 1 aromatic carbocycles. The first-order valence-electron chi connectivity index (χ1n) is 19.9. The lowest BCUT2D eigenvalue weighted by Gasteiger charge is -2.71. The first-order valence-corrected chi connectivity index (χ1v) is 19.9. The zero-order chi connectivity index (χ0) is 35.9. The summed E-state index contributed by atoms with van der Waals surface area (Å²) in [6.07, 6.45) is 11.8. The van der Waals surface area contributed by atoms with E-state index in [0.717, 1.165) is 58.0 Å². The van der Waals surface area contributed by atoms with Gasteiger partial charge in [-0.05, 0) is 133 Å². The van der Waals surface area contributed by atoms with Gasteiger partial charge in [0.25, 0.3) is 5.91 Å². The Kier molecular flexibility index (Phi) is 9.18. The summed E-state index contributed by atoms with van der Waals surface area (Å²) in [5.74, 6) is 1.92. The standard InChI is InChI=1S/C43H63FN2O4/c1-28-14-19-43(38(49)50-27-26-45-22-24-46(25-23-45)37(48)30-8-10-31(44)11-9-30)21-20-41(6)32(36(43)29(28)2)12-13-34-40(5)17-16-35(47)39(3,4)33(40)15-18-42(34,41)7/h8-12,28-29,33-36,47H,13-27H2,1-7H3/t28-,29+,33+,34-,35+,36+,40+,41-,42-,43+/m1/s1. The van der Waals surface area contributed by atoms with Gasteiger partial charge in [0, 0.05) is 38.3 Å². The molecule has 7 rings (SSSR count). The molecule has 1 N–H and O–H groups in total. The molecule has 1 amide bonds. The van der Waals surface area contributed by atoms with Gasteiger partial charge in [-0.25, -0.2) is 4.39 Å². The zero-order valence-corrected chi connectivity index (χ0v) is 31.9. The lowest BCUT2D eigenvalue weighted by atomic mass is 9.33. The van der Waals surface area contributed by atoms with Gasteiger partial charge >= 0.3 is 5.97 Å². The number of amides is 1. The summed E-state index contributed by atoms with van der Waals surface area (Å²) >= 11 is 0. The number of aliphatic hydroxyl groups excluding tert-OH is 1. The third-order valence-electron chi connectivity index (χ3n) is 16.8. The molecule has 50 heavy (non-hydrogen) atoms. The van der Waals surface area contributed by atoms with Crippen LogP contribution in [0.25, 0.3) is 0 Å². The van der Waals surface area contributed by atoms with Crippen molar-refractivity contribution in [1.82, 2.24) is 9.80 Å². The Morgan fingerprint density at radius 2 is 1.58 bits per heavy atom. The van der Waals surface area contributed by atoms with Gasteiger partial charge < -0.3 is 14.7 Å². The molecule has 0 radical (unpaired) electrons. The van der Waals surface area contributed by atoms with Crippen molar-refractivity contribution in [2.45, 2.75) is 112 Å². The normalized spacial score (nSPS) is 42.7. The highest BCUT2D eigenvalue weighted by atomic mass is 19.1. The molecule has 276 valence electrons. The number of allylic oxidation sites excluding steroid dienone is 2. The first kappa shape index (κ1) is 36.1. The minimum atomic E-state index is -0.460. The highest BCUT2D eigenvalue weighted by molar-refractivity contribution is 5.94. The van der Waals surface area contributed by atoms with Crippen molar-refractivity contribution in [3.63, 3.8) is 0 Å². The number of fused-ring (bicyclic) bond motifs is 7. The molecule has 6 aliphatic rings. The number of benzene rings is 1. The molecule has 0 spiro atoms. The van der Waals surface area contributed by atoms with Crippen LogP contribution >= 0.6 is 0 Å². The second kappa shape index (κ2) is 12.7. The SMILES string of the molecule is C[C@H]1[C@H](C)CC[C@]2(C(=O)OCCN3CCN(C(=O)c4ccc(F)cc4)CC3)CC[C@]3(C)C(=CC[C@@H]4[C@@]5(C)CC[C@H](O)C(C)(C)[C@@H]5CC[C@]43C)[C@H]12. The summed E-state index contributed by atoms with van der Waals surface area (Å²) in [6.45, 7) is 20.9. The molecule has 0 aromatic heterocycles. The van der Waals surface area contributed by atoms with Gasteiger partial charge in [0.15, 0.2) is 0 Å². The number of halogens is 1. The summed E-state index contributed by atoms with van der Waals surface area (Å²) in [7, 11) is 0. The molecule has 1 heterocycles. The molecule has 1 aliphatic heterocycles. The summed E-state index contributed by atoms with van der Waals surface area (Å²) in [4.78, 5) is 31.5. The number of rotatable bonds is 5. The van der Waals surface area contributed by atoms with Crippen LogP contribution in [0, 0.1) is 62.5 Å². The van der Waals surface area contributed by atoms with Gasteiger partial charge in [0.2, 0.25) is 0 Å². The fraction of sp³-hybridized carbons (Fsp3) is 0.767. The first-order chi connectivity index (χ1) is 23.6. The summed E-state index contributed by atoms with van der Waals surface area (Å²) in [5, 5.41) is 11.1. The minimum absolute atomic E-state index is 0.0142. The van der Waals surface area contributed by atoms with Crippen LogP contribution in [0.2, 0.25) is 0 Å². The third kappa shape index (κ3) is 5.36. The maximum Gasteiger partial charge on any atom is 0.312 e. The van der Waals surface area contributed by atoms with Crippen LogP contribution in [0.15, 0.2) is 35.9 Å². The van der Waals surface area contributed by atoms with Crippen molar-refractivity contribution in [3.05, 3.63) is 47.3 Å². The number of aliphatic hydroxyl groups is 1. The van der Waals surface area contributed by atoms with Gasteiger partial charge in [0.05, 0.1) is 11.5 Å². The van der Waals surface area contributed by atoms with E-state index in [4.69, 9.17) is 4.74 Å². The van der Waals surface area contributed by atoms with Crippen LogP contribution < -0.4 is 0 Å². The highest BCUT2D eigenvalue weighted by Crippen LogP contribution is 2.75. The van der Waals surface area contributed by atoms with E-state index in [-0.39, 0.29) is 51.4 Å². The van der Waals surface area contributed by atoms with Crippen molar-refractivity contribution in [2.75, 3.05) is 39.3 Å². The van der Waals surface area contributed by atoms with E-state index in [9.17, 15) is 19.1 Å². The zero-order valence-electron chi connectivity index (χ0n) is 31.9. The molecule has 10 atom stereocenters. The molecule has 1 saturated heterocycles. The van der Waals surface area contributed by atoms with Crippen molar-refractivity contribution in [3.8, 4) is 0 Å². The topological polar surface area (TPSA) is 70.1 Å². The maximum atomic E-state index is 14.5. The van der Waals surface area contributed by atoms with Gasteiger partial charge in [-0.1, -0.05) is 60.1 Å². The highest BCUT2D eigenvalue weighted by Gasteiger charge is 2.69. The Morgan fingerprint density at radius 1 is 0.880 bits per heavy atom. The Bertz CT molecular complexity index is 1500. The number of hydrogen-bond acceptors (Lipinski definition) is 5. The Labute approximate surface area is 300 Å². The summed E-state index contributed by atoms with van der Waals surface area (Å²) in [5.41, 5.74) is 1.98. The smallest absolute Gasteiger partial charge is 0.312 e. The van der Waals surface area contributed by atoms with Crippen LogP contribution in [0.4, 0.5) is 4.39 Å². The van der Waals surface area contributed by atoms with E-state index in [1.165, 1.54) is 25.0 Å². The monoisotopic (exact) mass is 690 g/mol. The number of piperazine rings is 1. The van der Waals surface area contributed by atoms with Crippen molar-refractivity contribution in [1.29, 1.82) is 0 Å². The Morgan fingerprint density at radius 3 is 2.28 bits per heavy atom. The fourth-order valence-electron chi connectivity index (χ4n) is 13.2. The van der Waals surface area contributed by atoms with Crippen molar-refractivity contribution >= 4 is 11.9 Å². The molecule has 7 heteroatoms. The minimum Gasteiger partial charge on any atom is -0.464 e. The molecule has 4 saturated carbocycles. The fourth-order valence-corrected chi connectivity index (χ4v) is 13.2. The van der Waals surface area contributed by atoms with E-state index < -0.39 is 5.41 Å². The Balaban J connectivity index is 1.05. The van der Waals surface area contributed by atoms with Gasteiger partial charge in [-0.15, -0.1) is 0 Å². The van der Waals surface area contributed by atoms with Gasteiger partial charge in [0.1, 0.15) is 12.4 Å². The third-order valence-corrected chi connectivity index (χ3v) is 16.8. The molecule has 0 bridgehead atoms. The van der Waals surface area contributed by atoms with Crippen LogP contribution in [0.3, 0.4) is 0 Å². The molecular weight excluding hydrogens is 627 g/mol. The predicted octanol–water partition coefficient (Wildman–Crippen LogP) is 8.15. The molecule has 0 unspecified atom stereocenters. The lowest BCUT2D eigenvalue weighted by molar-refractivity contribution is -0.207. The van der Waals surface area contributed by atoms with E-state index in [2.05, 4.69) is 59.4 Å². The number of hydrogen-bond donors (Lipinski definition) is 1. The maximum absolute atomic E-state index is 14.5. The average molecular weight is 691 g/mol. The number of nitrogens with zero attached hydrogens (tertiary/aromatic N) is 2. The lowest BCUT2D eigenvalue weighted by Crippen LogP contribution is -2.65. The van der Waals surface area contributed by atoms with E-state index >= 15 is 0 Å². The van der Waals surface area contributed by atoms with Gasteiger partial charge in [-0.2, -0.15) is 0 Å². The van der Waals surface area contributed by atoms with Gasteiger partial charge in [-0.3, -0.25) is 14.5 Å². The summed E-state index contributed by atoms with van der Waals surface area (Å²) in [6, 6.07) is 5.76. The molecule has 5 fully saturated rings. The predicted molar refractivity (Wildman–Crippen MR) is 195 cm³/mol. The van der Waals surface area contributed by atoms with E-state index in [1.54, 1.807) is 17.7 Å².